The van der Waals surface area contributed by atoms with E-state index in [1.165, 1.54) is 13.2 Å². The predicted molar refractivity (Wildman–Crippen MR) is 73.8 cm³/mol. The van der Waals surface area contributed by atoms with Gasteiger partial charge in [0.1, 0.15) is 0 Å². The Hall–Kier alpha value is -1.49. The molecule has 3 nitrogen and oxygen atoms in total. The van der Waals surface area contributed by atoms with Gasteiger partial charge < -0.3 is 4.74 Å². The van der Waals surface area contributed by atoms with Crippen molar-refractivity contribution in [3.05, 3.63) is 35.4 Å². The van der Waals surface area contributed by atoms with Crippen LogP contribution in [-0.2, 0) is 9.53 Å². The van der Waals surface area contributed by atoms with Crippen LogP contribution in [-0.4, -0.2) is 37.1 Å². The van der Waals surface area contributed by atoms with Gasteiger partial charge >= 0.3 is 5.97 Å². The lowest BCUT2D eigenvalue weighted by atomic mass is 9.76. The smallest absolute Gasteiger partial charge is 0.310 e. The molecule has 0 aliphatic carbocycles. The van der Waals surface area contributed by atoms with Gasteiger partial charge in [-0.15, -0.1) is 0 Å². The number of fused-ring (bicyclic) bond motifs is 2. The Morgan fingerprint density at radius 1 is 1.29 bits per heavy atom. The summed E-state index contributed by atoms with van der Waals surface area (Å²) in [6.45, 7) is 0. The average Bonchev–Trinajstić information content (AvgIpc) is 2.72. The molecule has 114 valence electrons. The van der Waals surface area contributed by atoms with Gasteiger partial charge in [-0.1, -0.05) is 6.07 Å². The third-order valence-electron chi connectivity index (χ3n) is 5.11. The van der Waals surface area contributed by atoms with Gasteiger partial charge in [0.25, 0.3) is 0 Å². The third-order valence-corrected chi connectivity index (χ3v) is 5.11. The number of piperidine rings is 1. The third kappa shape index (κ3) is 2.33. The number of halogens is 2. The highest BCUT2D eigenvalue weighted by atomic mass is 19.2. The second-order valence-corrected chi connectivity index (χ2v) is 6.03. The Morgan fingerprint density at radius 3 is 2.71 bits per heavy atom. The normalized spacial score (nSPS) is 32.2. The Morgan fingerprint density at radius 2 is 2.05 bits per heavy atom. The van der Waals surface area contributed by atoms with Crippen LogP contribution in [0.3, 0.4) is 0 Å². The summed E-state index contributed by atoms with van der Waals surface area (Å²) in [5.41, 5.74) is 0.689. The molecule has 0 spiro atoms. The van der Waals surface area contributed by atoms with Crippen LogP contribution in [0.2, 0.25) is 0 Å². The van der Waals surface area contributed by atoms with Gasteiger partial charge in [0.15, 0.2) is 11.6 Å². The molecule has 2 aliphatic rings. The van der Waals surface area contributed by atoms with Gasteiger partial charge in [-0.25, -0.2) is 8.78 Å². The van der Waals surface area contributed by atoms with E-state index in [1.54, 1.807) is 6.07 Å². The number of methoxy groups -OCH3 is 1. The van der Waals surface area contributed by atoms with E-state index >= 15 is 0 Å². The quantitative estimate of drug-likeness (QED) is 0.786. The molecule has 2 heterocycles. The largest absolute Gasteiger partial charge is 0.469 e. The van der Waals surface area contributed by atoms with Gasteiger partial charge in [0.2, 0.25) is 0 Å². The van der Waals surface area contributed by atoms with E-state index in [1.807, 2.05) is 7.05 Å². The van der Waals surface area contributed by atoms with E-state index in [9.17, 15) is 13.6 Å². The fraction of sp³-hybridized carbons (Fsp3) is 0.562. The minimum Gasteiger partial charge on any atom is -0.469 e. The molecule has 0 amide bonds. The Labute approximate surface area is 122 Å². The molecule has 0 radical (unpaired) electrons. The number of carbonyl (C=O) groups is 1. The first-order valence-corrected chi connectivity index (χ1v) is 7.27. The van der Waals surface area contributed by atoms with Crippen LogP contribution in [0.1, 0.15) is 30.7 Å². The highest BCUT2D eigenvalue weighted by Crippen LogP contribution is 2.46. The lowest BCUT2D eigenvalue weighted by molar-refractivity contribution is -0.150. The van der Waals surface area contributed by atoms with Crippen LogP contribution in [0.5, 0.6) is 0 Å². The number of carbonyl (C=O) groups excluding carboxylic acids is 1. The van der Waals surface area contributed by atoms with Crippen molar-refractivity contribution in [3.8, 4) is 0 Å². The van der Waals surface area contributed by atoms with Crippen molar-refractivity contribution in [2.75, 3.05) is 14.2 Å². The molecule has 0 saturated carbocycles. The Kier molecular flexibility index (Phi) is 3.69. The first-order chi connectivity index (χ1) is 10.0. The van der Waals surface area contributed by atoms with Gasteiger partial charge in [-0.3, -0.25) is 9.69 Å². The summed E-state index contributed by atoms with van der Waals surface area (Å²) in [7, 11) is 3.41. The highest BCUT2D eigenvalue weighted by molar-refractivity contribution is 5.75. The molecule has 5 heteroatoms. The first-order valence-electron chi connectivity index (χ1n) is 7.27. The van der Waals surface area contributed by atoms with Gasteiger partial charge in [0.05, 0.1) is 13.0 Å². The summed E-state index contributed by atoms with van der Waals surface area (Å²) in [4.78, 5) is 14.5. The molecule has 3 rings (SSSR count). The number of rotatable bonds is 2. The number of benzene rings is 1. The van der Waals surface area contributed by atoms with Gasteiger partial charge in [-0.05, 0) is 44.0 Å². The average molecular weight is 295 g/mol. The van der Waals surface area contributed by atoms with E-state index in [4.69, 9.17) is 4.74 Å². The molecule has 0 unspecified atom stereocenters. The lowest BCUT2D eigenvalue weighted by Gasteiger charge is -2.41. The summed E-state index contributed by atoms with van der Waals surface area (Å²) in [6.07, 6.45) is 2.76. The molecular weight excluding hydrogens is 276 g/mol. The molecule has 4 atom stereocenters. The van der Waals surface area contributed by atoms with Crippen molar-refractivity contribution in [2.45, 2.75) is 37.3 Å². The molecule has 2 aliphatic heterocycles. The summed E-state index contributed by atoms with van der Waals surface area (Å²) in [5, 5.41) is 0. The topological polar surface area (TPSA) is 29.5 Å². The van der Waals surface area contributed by atoms with Crippen molar-refractivity contribution >= 4 is 5.97 Å². The number of nitrogens with zero attached hydrogens (tertiary/aromatic N) is 1. The van der Waals surface area contributed by atoms with E-state index in [0.29, 0.717) is 11.6 Å². The maximum atomic E-state index is 13.5. The van der Waals surface area contributed by atoms with Crippen LogP contribution in [0.4, 0.5) is 8.78 Å². The molecule has 1 aromatic carbocycles. The van der Waals surface area contributed by atoms with Crippen molar-refractivity contribution in [2.24, 2.45) is 5.92 Å². The molecule has 0 aromatic heterocycles. The summed E-state index contributed by atoms with van der Waals surface area (Å²) in [5.74, 6) is -2.40. The highest BCUT2D eigenvalue weighted by Gasteiger charge is 2.49. The summed E-state index contributed by atoms with van der Waals surface area (Å²) in [6, 6.07) is 4.47. The van der Waals surface area contributed by atoms with Crippen LogP contribution >= 0.6 is 0 Å². The molecule has 2 bridgehead atoms. The zero-order chi connectivity index (χ0) is 15.1. The number of hydrogen-bond donors (Lipinski definition) is 0. The maximum Gasteiger partial charge on any atom is 0.310 e. The van der Waals surface area contributed by atoms with E-state index in [-0.39, 0.29) is 23.8 Å². The predicted octanol–water partition coefficient (Wildman–Crippen LogP) is 2.70. The summed E-state index contributed by atoms with van der Waals surface area (Å²) < 4.78 is 31.6. The Balaban J connectivity index is 1.98. The second-order valence-electron chi connectivity index (χ2n) is 6.03. The fourth-order valence-corrected chi connectivity index (χ4v) is 4.01. The molecule has 2 saturated heterocycles. The van der Waals surface area contributed by atoms with Crippen LogP contribution in [0.15, 0.2) is 18.2 Å². The SMILES string of the molecule is COC(=O)[C@@H]1[C@H]2CC[C@@H](C[C@H]1c1ccc(F)c(F)c1)N2C. The summed E-state index contributed by atoms with van der Waals surface area (Å²) >= 11 is 0. The van der Waals surface area contributed by atoms with E-state index in [2.05, 4.69) is 4.90 Å². The van der Waals surface area contributed by atoms with Crippen LogP contribution in [0, 0.1) is 17.6 Å². The number of esters is 1. The maximum absolute atomic E-state index is 13.5. The van der Waals surface area contributed by atoms with E-state index in [0.717, 1.165) is 25.3 Å². The van der Waals surface area contributed by atoms with Gasteiger partial charge in [0, 0.05) is 18.0 Å². The zero-order valence-corrected chi connectivity index (χ0v) is 12.2. The van der Waals surface area contributed by atoms with Crippen molar-refractivity contribution in [1.82, 2.24) is 4.90 Å². The van der Waals surface area contributed by atoms with E-state index < -0.39 is 11.6 Å². The lowest BCUT2D eigenvalue weighted by Crippen LogP contribution is -2.49. The molecule has 2 fully saturated rings. The molecular formula is C16H19F2NO2. The van der Waals surface area contributed by atoms with Crippen LogP contribution < -0.4 is 0 Å². The molecule has 21 heavy (non-hydrogen) atoms. The standard InChI is InChI=1S/C16H19F2NO2/c1-19-10-4-6-14(19)15(16(20)21-2)11(8-10)9-3-5-12(17)13(18)7-9/h3,5,7,10-11,14-15H,4,6,8H2,1-2H3/t10-,11-,14+,15-/m0/s1. The molecule has 1 aromatic rings. The fourth-order valence-electron chi connectivity index (χ4n) is 4.01. The first kappa shape index (κ1) is 14.4. The monoisotopic (exact) mass is 295 g/mol. The zero-order valence-electron chi connectivity index (χ0n) is 12.2. The Bertz CT molecular complexity index is 563. The molecule has 0 N–H and O–H groups in total. The van der Waals surface area contributed by atoms with Crippen molar-refractivity contribution in [1.29, 1.82) is 0 Å². The number of hydrogen-bond acceptors (Lipinski definition) is 3. The minimum absolute atomic E-state index is 0.110. The second kappa shape index (κ2) is 5.37. The van der Waals surface area contributed by atoms with Crippen molar-refractivity contribution < 1.29 is 18.3 Å². The van der Waals surface area contributed by atoms with Crippen molar-refractivity contribution in [3.63, 3.8) is 0 Å². The number of ether oxygens (including phenoxy) is 1. The minimum atomic E-state index is -0.859. The van der Waals surface area contributed by atoms with Gasteiger partial charge in [-0.2, -0.15) is 0 Å². The van der Waals surface area contributed by atoms with Crippen LogP contribution in [0.25, 0.3) is 0 Å².